The number of sulfonamides is 1. The molecule has 4 heterocycles. The van der Waals surface area contributed by atoms with Crippen LogP contribution in [-0.4, -0.2) is 81.4 Å². The lowest BCUT2D eigenvalue weighted by Gasteiger charge is -2.39. The van der Waals surface area contributed by atoms with Gasteiger partial charge in [0.05, 0.1) is 40.5 Å². The average molecular weight is 905 g/mol. The summed E-state index contributed by atoms with van der Waals surface area (Å²) < 4.78 is 124. The predicted molar refractivity (Wildman–Crippen MR) is 220 cm³/mol. The van der Waals surface area contributed by atoms with Gasteiger partial charge in [-0.25, -0.2) is 31.0 Å². The maximum Gasteiger partial charge on any atom is 0.292 e. The number of anilines is 1. The van der Waals surface area contributed by atoms with Crippen LogP contribution in [0, 0.1) is 29.4 Å². The van der Waals surface area contributed by atoms with E-state index in [0.29, 0.717) is 47.1 Å². The van der Waals surface area contributed by atoms with Crippen molar-refractivity contribution in [1.29, 1.82) is 0 Å². The van der Waals surface area contributed by atoms with Crippen molar-refractivity contribution in [3.8, 4) is 23.0 Å². The maximum absolute atomic E-state index is 15.5. The molecule has 0 radical (unpaired) electrons. The minimum absolute atomic E-state index is 0.0654. The van der Waals surface area contributed by atoms with Crippen molar-refractivity contribution >= 4 is 44.3 Å². The maximum atomic E-state index is 15.5. The van der Waals surface area contributed by atoms with Crippen molar-refractivity contribution in [1.82, 2.24) is 34.8 Å². The molecule has 1 aliphatic carbocycles. The Bertz CT molecular complexity index is 2730. The third-order valence-corrected chi connectivity index (χ3v) is 11.9. The van der Waals surface area contributed by atoms with Gasteiger partial charge in [0.2, 0.25) is 15.9 Å². The first-order valence-corrected chi connectivity index (χ1v) is 21.9. The van der Waals surface area contributed by atoms with Gasteiger partial charge in [0, 0.05) is 54.9 Å². The van der Waals surface area contributed by atoms with Crippen LogP contribution in [0.25, 0.3) is 22.0 Å². The van der Waals surface area contributed by atoms with Crippen LogP contribution in [0.1, 0.15) is 74.1 Å². The van der Waals surface area contributed by atoms with E-state index in [2.05, 4.69) is 50.8 Å². The average Bonchev–Trinajstić information content (AvgIpc) is 3.77. The third-order valence-electron chi connectivity index (χ3n) is 11.0. The van der Waals surface area contributed by atoms with Gasteiger partial charge < -0.3 is 10.1 Å². The van der Waals surface area contributed by atoms with E-state index in [4.69, 9.17) is 21.3 Å². The zero-order chi connectivity index (χ0) is 45.1. The normalized spacial score (nSPS) is 19.4. The second-order valence-corrected chi connectivity index (χ2v) is 18.3. The van der Waals surface area contributed by atoms with Gasteiger partial charge in [0.25, 0.3) is 12.3 Å². The Morgan fingerprint density at radius 2 is 1.76 bits per heavy atom. The molecule has 0 unspecified atom stereocenters. The Labute approximate surface area is 359 Å². The van der Waals surface area contributed by atoms with E-state index in [-0.39, 0.29) is 57.6 Å². The largest absolute Gasteiger partial charge is 0.360 e. The Hall–Kier alpha value is -5.16. The van der Waals surface area contributed by atoms with Crippen LogP contribution >= 0.6 is 11.6 Å². The predicted octanol–water partition coefficient (Wildman–Crippen LogP) is 7.31. The minimum Gasteiger partial charge on any atom is -0.360 e. The molecule has 5 aromatic rings. The van der Waals surface area contributed by atoms with Crippen molar-refractivity contribution in [3.05, 3.63) is 93.0 Å². The monoisotopic (exact) mass is 904 g/mol. The van der Waals surface area contributed by atoms with Crippen LogP contribution in [0.3, 0.4) is 0 Å². The first-order valence-electron chi connectivity index (χ1n) is 19.6. The lowest BCUT2D eigenvalue weighted by molar-refractivity contribution is -0.123. The summed E-state index contributed by atoms with van der Waals surface area (Å²) in [6, 6.07) is 8.05. The molecule has 0 bridgehead atoms. The summed E-state index contributed by atoms with van der Waals surface area (Å²) in [6.45, 7) is 7.88. The number of nitrogens with zero attached hydrogens (tertiary/aromatic N) is 6. The fourth-order valence-electron chi connectivity index (χ4n) is 8.10. The van der Waals surface area contributed by atoms with Crippen molar-refractivity contribution in [2.24, 2.45) is 13.0 Å². The molecule has 20 heteroatoms. The molecule has 1 aliphatic heterocycles. The molecule has 3 atom stereocenters. The third kappa shape index (κ3) is 9.15. The Morgan fingerprint density at radius 1 is 1.06 bits per heavy atom. The Morgan fingerprint density at radius 3 is 2.42 bits per heavy atom. The lowest BCUT2D eigenvalue weighted by atomic mass is 9.93. The number of carbonyl (C=O) groups excluding carboxylic acids is 1. The van der Waals surface area contributed by atoms with Crippen molar-refractivity contribution in [3.63, 3.8) is 0 Å². The topological polar surface area (TPSA) is 136 Å². The van der Waals surface area contributed by atoms with E-state index in [0.717, 1.165) is 18.4 Å². The fourth-order valence-corrected chi connectivity index (χ4v) is 8.84. The molecule has 1 fully saturated rings. The number of ether oxygens (including phenoxy) is 1. The van der Waals surface area contributed by atoms with Crippen molar-refractivity contribution in [2.45, 2.75) is 77.1 Å². The molecule has 0 saturated carbocycles. The summed E-state index contributed by atoms with van der Waals surface area (Å²) in [5, 5.41) is 11.2. The summed E-state index contributed by atoms with van der Waals surface area (Å²) in [5.41, 5.74) is -1.53. The zero-order valence-electron chi connectivity index (χ0n) is 34.5. The van der Waals surface area contributed by atoms with Gasteiger partial charge >= 0.3 is 0 Å². The second-order valence-electron chi connectivity index (χ2n) is 16.2. The molecule has 3 aromatic heterocycles. The number of aromatic nitrogens is 5. The van der Waals surface area contributed by atoms with Gasteiger partial charge in [-0.2, -0.15) is 19.0 Å². The van der Waals surface area contributed by atoms with E-state index in [1.807, 2.05) is 6.92 Å². The van der Waals surface area contributed by atoms with Crippen LogP contribution in [0.4, 0.5) is 32.2 Å². The first kappa shape index (κ1) is 44.9. The Balaban J connectivity index is 1.40. The van der Waals surface area contributed by atoms with Gasteiger partial charge in [0.1, 0.15) is 40.9 Å². The summed E-state index contributed by atoms with van der Waals surface area (Å²) in [4.78, 5) is 21.2. The summed E-state index contributed by atoms with van der Waals surface area (Å²) >= 11 is 6.65. The quantitative estimate of drug-likeness (QED) is 0.104. The summed E-state index contributed by atoms with van der Waals surface area (Å²) in [5.74, 6) is -1.53. The van der Waals surface area contributed by atoms with Crippen molar-refractivity contribution in [2.75, 3.05) is 30.7 Å². The molecule has 12 nitrogen and oxygen atoms in total. The first-order chi connectivity index (χ1) is 29.0. The van der Waals surface area contributed by atoms with Crippen LogP contribution in [0.2, 0.25) is 5.02 Å². The number of hydrogen-bond donors (Lipinski definition) is 2. The number of aryl methyl sites for hydroxylation is 1. The lowest BCUT2D eigenvalue weighted by Crippen LogP contribution is -2.51. The number of fused-ring (bicyclic) bond motifs is 2. The number of alkyl halides is 4. The number of carbonyl (C=O) groups is 1. The van der Waals surface area contributed by atoms with E-state index in [1.54, 1.807) is 25.2 Å². The van der Waals surface area contributed by atoms with Gasteiger partial charge in [-0.1, -0.05) is 30.5 Å². The number of rotatable bonds is 11. The number of nitrogens with one attached hydrogen (secondary N) is 2. The minimum atomic E-state index is -3.83. The molecular formula is C42H43ClF6N8O4S. The molecule has 2 aliphatic rings. The SMILES string of the molecule is CC(C)N1CCO[C@](C)(C#Cc2ccc(-c3ccc(Cl)c4c(NS(C)(=O)=O)nn(C)c34)c([C@H](Cc3cc(F)cc(F)c3)NC(=O)Cn3nc(C(F)F)c4c3C(F)(F)[C@H](C)C4)n2)C1. The highest BCUT2D eigenvalue weighted by molar-refractivity contribution is 7.92. The number of morpholine rings is 1. The number of pyridine rings is 1. The highest BCUT2D eigenvalue weighted by atomic mass is 35.5. The van der Waals surface area contributed by atoms with Crippen LogP contribution in [-0.2, 0) is 51.9 Å². The van der Waals surface area contributed by atoms with Crippen LogP contribution < -0.4 is 10.0 Å². The fraction of sp³-hybridized carbons (Fsp3) is 0.429. The molecule has 1 saturated heterocycles. The molecule has 7 rings (SSSR count). The molecule has 1 amide bonds. The molecule has 2 aromatic carbocycles. The zero-order valence-corrected chi connectivity index (χ0v) is 36.0. The highest BCUT2D eigenvalue weighted by Crippen LogP contribution is 2.48. The van der Waals surface area contributed by atoms with Crippen LogP contribution in [0.5, 0.6) is 0 Å². The molecule has 330 valence electrons. The van der Waals surface area contributed by atoms with Gasteiger partial charge in [0.15, 0.2) is 5.82 Å². The number of amides is 1. The van der Waals surface area contributed by atoms with Crippen LogP contribution in [0.15, 0.2) is 42.5 Å². The van der Waals surface area contributed by atoms with Crippen molar-refractivity contribution < 1.29 is 44.3 Å². The molecule has 2 N–H and O–H groups in total. The highest BCUT2D eigenvalue weighted by Gasteiger charge is 2.51. The number of benzene rings is 2. The van der Waals surface area contributed by atoms with E-state index in [1.165, 1.54) is 17.7 Å². The van der Waals surface area contributed by atoms with E-state index in [9.17, 15) is 30.8 Å². The van der Waals surface area contributed by atoms with E-state index >= 15 is 8.78 Å². The van der Waals surface area contributed by atoms with Gasteiger partial charge in [-0.15, -0.1) is 0 Å². The molecular weight excluding hydrogens is 862 g/mol. The number of hydrogen-bond acceptors (Lipinski definition) is 8. The Kier molecular flexibility index (Phi) is 12.2. The van der Waals surface area contributed by atoms with E-state index < -0.39 is 75.4 Å². The summed E-state index contributed by atoms with van der Waals surface area (Å²) in [6.07, 6.45) is -2.94. The second kappa shape index (κ2) is 16.8. The molecule has 0 spiro atoms. The standard InChI is InChI=1S/C42H43ClF6N8O4S/c1-22(2)56-13-14-61-41(4,21-56)12-11-27-7-8-28(29-9-10-31(43)34-37(29)55(5)53-40(34)54-62(6,59)60)35(50-27)32(18-24-16-25(44)19-26(45)17-24)51-33(58)20-57-38-30(36(52-57)39(46)47)15-23(3)42(38,48)49/h7-10,16-17,19,22-23,32,39H,13-15,18,20-21H2,1-6H3,(H,51,58)(H,53,54)/t23-,32+,41-/m1/s1. The number of halogens is 7. The molecule has 62 heavy (non-hydrogen) atoms. The van der Waals surface area contributed by atoms with Gasteiger partial charge in [-0.05, 0) is 75.4 Å². The summed E-state index contributed by atoms with van der Waals surface area (Å²) in [7, 11) is -2.28. The van der Waals surface area contributed by atoms with Gasteiger partial charge in [-0.3, -0.25) is 23.8 Å². The smallest absolute Gasteiger partial charge is 0.292 e.